The number of aldehydes is 1. The lowest BCUT2D eigenvalue weighted by atomic mass is 10.1. The number of nitrogens with zero attached hydrogens (tertiary/aromatic N) is 1. The van der Waals surface area contributed by atoms with Crippen molar-refractivity contribution < 1.29 is 23.9 Å². The van der Waals surface area contributed by atoms with Crippen LogP contribution in [0.2, 0.25) is 0 Å². The van der Waals surface area contributed by atoms with E-state index in [9.17, 15) is 14.4 Å². The van der Waals surface area contributed by atoms with Gasteiger partial charge in [0, 0.05) is 7.05 Å². The summed E-state index contributed by atoms with van der Waals surface area (Å²) in [6.07, 6.45) is 0.962. The molecule has 1 aromatic rings. The van der Waals surface area contributed by atoms with Crippen molar-refractivity contribution in [2.45, 2.75) is 46.6 Å². The molecule has 1 rings (SSSR count). The Bertz CT molecular complexity index is 593. The summed E-state index contributed by atoms with van der Waals surface area (Å²) in [5, 5.41) is 0. The van der Waals surface area contributed by atoms with E-state index in [0.717, 1.165) is 0 Å². The zero-order valence-corrected chi connectivity index (χ0v) is 14.0. The highest BCUT2D eigenvalue weighted by atomic mass is 16.6. The molecule has 1 aromatic heterocycles. The average Bonchev–Trinajstić information content (AvgIpc) is 2.68. The molecule has 0 spiro atoms. The minimum atomic E-state index is -0.669. The van der Waals surface area contributed by atoms with Crippen LogP contribution in [0.1, 0.15) is 71.5 Å². The molecule has 0 atom stereocenters. The first-order valence-corrected chi connectivity index (χ1v) is 7.25. The van der Waals surface area contributed by atoms with Gasteiger partial charge < -0.3 is 14.0 Å². The van der Waals surface area contributed by atoms with Crippen molar-refractivity contribution in [1.82, 2.24) is 4.57 Å². The standard InChI is InChI=1S/C16H23NO5/c1-7-10-12(14(19)21-8-2)11(9-18)17(6)13(10)15(20)22-16(3,4)5/h9H,7-8H2,1-6H3. The summed E-state index contributed by atoms with van der Waals surface area (Å²) in [5.74, 6) is -1.17. The molecule has 0 aromatic carbocycles. The second kappa shape index (κ2) is 6.77. The molecule has 0 radical (unpaired) electrons. The number of hydrogen-bond acceptors (Lipinski definition) is 5. The van der Waals surface area contributed by atoms with Crippen LogP contribution in [0.3, 0.4) is 0 Å². The van der Waals surface area contributed by atoms with E-state index < -0.39 is 17.5 Å². The smallest absolute Gasteiger partial charge is 0.355 e. The molecule has 0 saturated heterocycles. The highest BCUT2D eigenvalue weighted by molar-refractivity contribution is 6.04. The number of ether oxygens (including phenoxy) is 2. The number of aromatic nitrogens is 1. The van der Waals surface area contributed by atoms with E-state index >= 15 is 0 Å². The molecular weight excluding hydrogens is 286 g/mol. The van der Waals surface area contributed by atoms with Gasteiger partial charge in [-0.05, 0) is 39.7 Å². The zero-order chi connectivity index (χ0) is 17.1. The molecule has 0 unspecified atom stereocenters. The molecule has 0 fully saturated rings. The Balaban J connectivity index is 3.49. The van der Waals surface area contributed by atoms with Crippen LogP contribution in [-0.2, 0) is 22.9 Å². The van der Waals surface area contributed by atoms with Crippen LogP contribution in [0, 0.1) is 0 Å². The van der Waals surface area contributed by atoms with Crippen LogP contribution in [0.4, 0.5) is 0 Å². The lowest BCUT2D eigenvalue weighted by Gasteiger charge is -2.20. The summed E-state index contributed by atoms with van der Waals surface area (Å²) >= 11 is 0. The van der Waals surface area contributed by atoms with Crippen LogP contribution in [-0.4, -0.2) is 35.0 Å². The van der Waals surface area contributed by atoms with Gasteiger partial charge in [0.1, 0.15) is 11.3 Å². The lowest BCUT2D eigenvalue weighted by Crippen LogP contribution is -2.26. The number of rotatable bonds is 5. The fourth-order valence-corrected chi connectivity index (χ4v) is 2.26. The van der Waals surface area contributed by atoms with Gasteiger partial charge in [-0.25, -0.2) is 9.59 Å². The van der Waals surface area contributed by atoms with E-state index in [-0.39, 0.29) is 23.6 Å². The van der Waals surface area contributed by atoms with Crippen molar-refractivity contribution in [3.63, 3.8) is 0 Å². The molecule has 0 aliphatic rings. The maximum Gasteiger partial charge on any atom is 0.355 e. The first-order valence-electron chi connectivity index (χ1n) is 7.25. The SMILES string of the molecule is CCOC(=O)c1c(CC)c(C(=O)OC(C)(C)C)n(C)c1C=O. The number of esters is 2. The van der Waals surface area contributed by atoms with Crippen molar-refractivity contribution in [1.29, 1.82) is 0 Å². The van der Waals surface area contributed by atoms with Gasteiger partial charge in [-0.1, -0.05) is 6.92 Å². The molecule has 122 valence electrons. The van der Waals surface area contributed by atoms with Crippen LogP contribution >= 0.6 is 0 Å². The third kappa shape index (κ3) is 3.55. The van der Waals surface area contributed by atoms with Crippen molar-refractivity contribution in [2.75, 3.05) is 6.61 Å². The lowest BCUT2D eigenvalue weighted by molar-refractivity contribution is 0.00577. The normalized spacial score (nSPS) is 11.2. The van der Waals surface area contributed by atoms with E-state index in [1.54, 1.807) is 41.7 Å². The molecule has 6 nitrogen and oxygen atoms in total. The first kappa shape index (κ1) is 17.9. The van der Waals surface area contributed by atoms with Gasteiger partial charge in [-0.15, -0.1) is 0 Å². The highest BCUT2D eigenvalue weighted by Crippen LogP contribution is 2.25. The Morgan fingerprint density at radius 1 is 1.18 bits per heavy atom. The Hall–Kier alpha value is -2.11. The summed E-state index contributed by atoms with van der Waals surface area (Å²) in [7, 11) is 1.56. The molecule has 0 aliphatic heterocycles. The average molecular weight is 309 g/mol. The van der Waals surface area contributed by atoms with Crippen molar-refractivity contribution in [3.05, 3.63) is 22.5 Å². The first-order chi connectivity index (χ1) is 10.2. The second-order valence-electron chi connectivity index (χ2n) is 5.84. The molecule has 0 N–H and O–H groups in total. The molecule has 0 saturated carbocycles. The Labute approximate surface area is 130 Å². The van der Waals surface area contributed by atoms with E-state index in [2.05, 4.69) is 0 Å². The maximum absolute atomic E-state index is 12.4. The van der Waals surface area contributed by atoms with E-state index in [0.29, 0.717) is 18.3 Å². The zero-order valence-electron chi connectivity index (χ0n) is 14.0. The molecule has 1 heterocycles. The monoisotopic (exact) mass is 309 g/mol. The highest BCUT2D eigenvalue weighted by Gasteiger charge is 2.31. The topological polar surface area (TPSA) is 74.6 Å². The van der Waals surface area contributed by atoms with Gasteiger partial charge in [0.05, 0.1) is 17.9 Å². The fourth-order valence-electron chi connectivity index (χ4n) is 2.26. The van der Waals surface area contributed by atoms with Gasteiger partial charge in [-0.2, -0.15) is 0 Å². The number of hydrogen-bond donors (Lipinski definition) is 0. The van der Waals surface area contributed by atoms with Crippen LogP contribution < -0.4 is 0 Å². The van der Waals surface area contributed by atoms with Crippen LogP contribution in [0.15, 0.2) is 0 Å². The van der Waals surface area contributed by atoms with Crippen molar-refractivity contribution >= 4 is 18.2 Å². The molecule has 0 amide bonds. The van der Waals surface area contributed by atoms with Crippen molar-refractivity contribution in [3.8, 4) is 0 Å². The van der Waals surface area contributed by atoms with E-state index in [1.807, 2.05) is 0 Å². The molecular formula is C16H23NO5. The third-order valence-electron chi connectivity index (χ3n) is 3.08. The van der Waals surface area contributed by atoms with E-state index in [4.69, 9.17) is 9.47 Å². The fraction of sp³-hybridized carbons (Fsp3) is 0.562. The third-order valence-corrected chi connectivity index (χ3v) is 3.08. The summed E-state index contributed by atoms with van der Waals surface area (Å²) in [5.41, 5.74) is 0.274. The van der Waals surface area contributed by atoms with Crippen molar-refractivity contribution in [2.24, 2.45) is 7.05 Å². The summed E-state index contributed by atoms with van der Waals surface area (Å²) < 4.78 is 11.8. The van der Waals surface area contributed by atoms with Crippen LogP contribution in [0.5, 0.6) is 0 Å². The minimum Gasteiger partial charge on any atom is -0.462 e. The second-order valence-corrected chi connectivity index (χ2v) is 5.84. The Morgan fingerprint density at radius 3 is 2.18 bits per heavy atom. The van der Waals surface area contributed by atoms with Crippen LogP contribution in [0.25, 0.3) is 0 Å². The Kier molecular flexibility index (Phi) is 5.52. The summed E-state index contributed by atoms with van der Waals surface area (Å²) in [6, 6.07) is 0. The predicted molar refractivity (Wildman–Crippen MR) is 81.3 cm³/mol. The number of carbonyl (C=O) groups is 3. The van der Waals surface area contributed by atoms with Gasteiger partial charge in [0.25, 0.3) is 0 Å². The predicted octanol–water partition coefficient (Wildman–Crippen LogP) is 2.53. The van der Waals surface area contributed by atoms with Gasteiger partial charge in [-0.3, -0.25) is 4.79 Å². The molecule has 0 bridgehead atoms. The maximum atomic E-state index is 12.4. The summed E-state index contributed by atoms with van der Waals surface area (Å²) in [4.78, 5) is 35.9. The summed E-state index contributed by atoms with van der Waals surface area (Å²) in [6.45, 7) is 8.95. The minimum absolute atomic E-state index is 0.121. The largest absolute Gasteiger partial charge is 0.462 e. The van der Waals surface area contributed by atoms with E-state index in [1.165, 1.54) is 4.57 Å². The molecule has 22 heavy (non-hydrogen) atoms. The van der Waals surface area contributed by atoms with Gasteiger partial charge >= 0.3 is 11.9 Å². The number of carbonyl (C=O) groups excluding carboxylic acids is 3. The Morgan fingerprint density at radius 2 is 1.77 bits per heavy atom. The quantitative estimate of drug-likeness (QED) is 0.617. The molecule has 0 aliphatic carbocycles. The van der Waals surface area contributed by atoms with Gasteiger partial charge in [0.15, 0.2) is 6.29 Å². The van der Waals surface area contributed by atoms with Gasteiger partial charge in [0.2, 0.25) is 0 Å². The molecule has 6 heteroatoms.